The van der Waals surface area contributed by atoms with Crippen LogP contribution < -0.4 is 5.43 Å². The summed E-state index contributed by atoms with van der Waals surface area (Å²) in [5.74, 6) is 1.50. The summed E-state index contributed by atoms with van der Waals surface area (Å²) >= 11 is 3.45. The maximum atomic E-state index is 4.42. The molecule has 0 amide bonds. The molecule has 7 heteroatoms. The first kappa shape index (κ1) is 14.1. The van der Waals surface area contributed by atoms with Gasteiger partial charge in [0.2, 0.25) is 0 Å². The highest BCUT2D eigenvalue weighted by Crippen LogP contribution is 2.25. The molecule has 4 rings (SSSR count). The normalized spacial score (nSPS) is 16.9. The van der Waals surface area contributed by atoms with E-state index in [0.29, 0.717) is 5.82 Å². The lowest BCUT2D eigenvalue weighted by atomic mass is 10.1. The van der Waals surface area contributed by atoms with Gasteiger partial charge in [0.1, 0.15) is 0 Å². The zero-order valence-electron chi connectivity index (χ0n) is 12.1. The molecule has 6 nitrogen and oxygen atoms in total. The monoisotopic (exact) mass is 368 g/mol. The van der Waals surface area contributed by atoms with E-state index in [0.717, 1.165) is 22.3 Å². The molecule has 0 spiro atoms. The van der Waals surface area contributed by atoms with Crippen molar-refractivity contribution in [2.45, 2.75) is 12.5 Å². The third-order valence-corrected chi connectivity index (χ3v) is 4.28. The lowest BCUT2D eigenvalue weighted by Gasteiger charge is -2.10. The minimum Gasteiger partial charge on any atom is -0.300 e. The second-order valence-corrected chi connectivity index (χ2v) is 6.16. The topological polar surface area (TPSA) is 68.0 Å². The van der Waals surface area contributed by atoms with Gasteiger partial charge in [0.05, 0.1) is 6.04 Å². The smallest absolute Gasteiger partial charge is 0.188 e. The molecule has 114 valence electrons. The second kappa shape index (κ2) is 5.92. The summed E-state index contributed by atoms with van der Waals surface area (Å²) in [5, 5.41) is 16.4. The molecule has 0 radical (unpaired) electrons. The van der Waals surface area contributed by atoms with Crippen molar-refractivity contribution in [3.05, 3.63) is 64.6 Å². The van der Waals surface area contributed by atoms with Gasteiger partial charge in [0.15, 0.2) is 11.7 Å². The van der Waals surface area contributed by atoms with Crippen molar-refractivity contribution in [2.24, 2.45) is 5.10 Å². The standard InChI is InChI=1S/C16H13BrN6/c17-13-8-6-11(7-9-13)14-10-15(19-18-14)23-16(20-21-22-23)12-4-2-1-3-5-12/h1-9,14,18H,10H2. The number of rotatable bonds is 2. The molecule has 1 atom stereocenters. The minimum absolute atomic E-state index is 0.130. The fourth-order valence-corrected chi connectivity index (χ4v) is 2.84. The summed E-state index contributed by atoms with van der Waals surface area (Å²) in [6.07, 6.45) is 0.729. The van der Waals surface area contributed by atoms with E-state index >= 15 is 0 Å². The van der Waals surface area contributed by atoms with Crippen LogP contribution in [0.4, 0.5) is 0 Å². The first-order chi connectivity index (χ1) is 11.3. The molecule has 0 bridgehead atoms. The fraction of sp³-hybridized carbons (Fsp3) is 0.125. The highest BCUT2D eigenvalue weighted by atomic mass is 79.9. The summed E-state index contributed by atoms with van der Waals surface area (Å²) in [6.45, 7) is 0. The Morgan fingerprint density at radius 2 is 1.83 bits per heavy atom. The van der Waals surface area contributed by atoms with Gasteiger partial charge in [0, 0.05) is 16.5 Å². The molecule has 0 saturated carbocycles. The lowest BCUT2D eigenvalue weighted by molar-refractivity contribution is 0.619. The number of halogens is 1. The molecule has 0 saturated heterocycles. The molecule has 1 aromatic heterocycles. The van der Waals surface area contributed by atoms with E-state index in [-0.39, 0.29) is 6.04 Å². The van der Waals surface area contributed by atoms with E-state index in [9.17, 15) is 0 Å². The first-order valence-electron chi connectivity index (χ1n) is 7.23. The number of nitrogens with zero attached hydrogens (tertiary/aromatic N) is 5. The van der Waals surface area contributed by atoms with Crippen molar-refractivity contribution in [1.29, 1.82) is 0 Å². The number of hydrogen-bond acceptors (Lipinski definition) is 5. The summed E-state index contributed by atoms with van der Waals surface area (Å²) in [5.41, 5.74) is 5.31. The number of benzene rings is 2. The van der Waals surface area contributed by atoms with Crippen LogP contribution in [0.2, 0.25) is 0 Å². The Labute approximate surface area is 141 Å². The third-order valence-electron chi connectivity index (χ3n) is 3.75. The number of hydrogen-bond donors (Lipinski definition) is 1. The Balaban J connectivity index is 1.59. The molecule has 2 heterocycles. The average molecular weight is 369 g/mol. The average Bonchev–Trinajstić information content (AvgIpc) is 3.25. The van der Waals surface area contributed by atoms with Crippen molar-refractivity contribution < 1.29 is 0 Å². The molecule has 1 N–H and O–H groups in total. The Kier molecular flexibility index (Phi) is 3.63. The van der Waals surface area contributed by atoms with Crippen LogP contribution in [0.15, 0.2) is 64.2 Å². The highest BCUT2D eigenvalue weighted by molar-refractivity contribution is 9.10. The number of hydrazone groups is 1. The molecule has 1 aliphatic rings. The SMILES string of the molecule is Brc1ccc(C2CC(n3nnnc3-c3ccccc3)=NN2)cc1. The molecular weight excluding hydrogens is 356 g/mol. The number of aromatic nitrogens is 4. The van der Waals surface area contributed by atoms with Crippen LogP contribution in [0, 0.1) is 0 Å². The van der Waals surface area contributed by atoms with Crippen molar-refractivity contribution in [3.8, 4) is 11.4 Å². The van der Waals surface area contributed by atoms with Crippen molar-refractivity contribution in [1.82, 2.24) is 25.6 Å². The Hall–Kier alpha value is -2.54. The first-order valence-corrected chi connectivity index (χ1v) is 8.02. The molecule has 3 aromatic rings. The predicted octanol–water partition coefficient (Wildman–Crippen LogP) is 3.00. The largest absolute Gasteiger partial charge is 0.300 e. The summed E-state index contributed by atoms with van der Waals surface area (Å²) in [4.78, 5) is 0. The maximum absolute atomic E-state index is 4.42. The predicted molar refractivity (Wildman–Crippen MR) is 90.7 cm³/mol. The van der Waals surface area contributed by atoms with E-state index in [4.69, 9.17) is 0 Å². The van der Waals surface area contributed by atoms with Crippen LogP contribution in [-0.2, 0) is 0 Å². The van der Waals surface area contributed by atoms with Crippen LogP contribution in [0.1, 0.15) is 18.0 Å². The van der Waals surface area contributed by atoms with E-state index < -0.39 is 0 Å². The van der Waals surface area contributed by atoms with Crippen molar-refractivity contribution in [2.75, 3.05) is 0 Å². The number of tetrazole rings is 1. The molecule has 23 heavy (non-hydrogen) atoms. The molecule has 2 aromatic carbocycles. The summed E-state index contributed by atoms with van der Waals surface area (Å²) < 4.78 is 2.76. The van der Waals surface area contributed by atoms with Gasteiger partial charge in [-0.3, -0.25) is 0 Å². The lowest BCUT2D eigenvalue weighted by Crippen LogP contribution is -2.14. The Bertz CT molecular complexity index is 841. The quantitative estimate of drug-likeness (QED) is 0.754. The van der Waals surface area contributed by atoms with E-state index in [2.05, 4.69) is 54.1 Å². The second-order valence-electron chi connectivity index (χ2n) is 5.25. The zero-order valence-corrected chi connectivity index (χ0v) is 13.7. The molecule has 0 fully saturated rings. The van der Waals surface area contributed by atoms with Gasteiger partial charge in [0.25, 0.3) is 0 Å². The fourth-order valence-electron chi connectivity index (χ4n) is 2.58. The molecular formula is C16H13BrN6. The van der Waals surface area contributed by atoms with Gasteiger partial charge in [-0.1, -0.05) is 58.4 Å². The molecule has 1 unspecified atom stereocenters. The van der Waals surface area contributed by atoms with Gasteiger partial charge in [-0.15, -0.1) is 5.10 Å². The van der Waals surface area contributed by atoms with Gasteiger partial charge in [-0.05, 0) is 28.1 Å². The maximum Gasteiger partial charge on any atom is 0.188 e. The van der Waals surface area contributed by atoms with E-state index in [1.54, 1.807) is 4.68 Å². The highest BCUT2D eigenvalue weighted by Gasteiger charge is 2.24. The van der Waals surface area contributed by atoms with E-state index in [1.807, 2.05) is 42.5 Å². The van der Waals surface area contributed by atoms with Crippen molar-refractivity contribution >= 4 is 21.8 Å². The van der Waals surface area contributed by atoms with Gasteiger partial charge in [-0.25, -0.2) is 0 Å². The summed E-state index contributed by atoms with van der Waals surface area (Å²) in [6, 6.07) is 18.2. The number of nitrogens with one attached hydrogen (secondary N) is 1. The van der Waals surface area contributed by atoms with Gasteiger partial charge < -0.3 is 5.43 Å². The zero-order chi connectivity index (χ0) is 15.6. The van der Waals surface area contributed by atoms with Crippen LogP contribution >= 0.6 is 15.9 Å². The van der Waals surface area contributed by atoms with Crippen LogP contribution in [0.3, 0.4) is 0 Å². The van der Waals surface area contributed by atoms with Gasteiger partial charge in [-0.2, -0.15) is 9.78 Å². The Morgan fingerprint density at radius 3 is 2.61 bits per heavy atom. The minimum atomic E-state index is 0.130. The van der Waals surface area contributed by atoms with Crippen LogP contribution in [-0.4, -0.2) is 26.0 Å². The molecule has 0 aliphatic carbocycles. The molecule has 1 aliphatic heterocycles. The Morgan fingerprint density at radius 1 is 1.04 bits per heavy atom. The van der Waals surface area contributed by atoms with Crippen molar-refractivity contribution in [3.63, 3.8) is 0 Å². The van der Waals surface area contributed by atoms with Gasteiger partial charge >= 0.3 is 0 Å². The third kappa shape index (κ3) is 2.75. The van der Waals surface area contributed by atoms with Crippen LogP contribution in [0.5, 0.6) is 0 Å². The van der Waals surface area contributed by atoms with Crippen LogP contribution in [0.25, 0.3) is 11.4 Å². The summed E-state index contributed by atoms with van der Waals surface area (Å²) in [7, 11) is 0. The van der Waals surface area contributed by atoms with E-state index in [1.165, 1.54) is 5.56 Å².